The summed E-state index contributed by atoms with van der Waals surface area (Å²) in [6, 6.07) is 17.9. The Morgan fingerprint density at radius 1 is 1.13 bits per heavy atom. The molecule has 116 valence electrons. The van der Waals surface area contributed by atoms with Crippen molar-refractivity contribution in [2.45, 2.75) is 12.8 Å². The fourth-order valence-corrected chi connectivity index (χ4v) is 2.68. The molecule has 1 unspecified atom stereocenters. The maximum Gasteiger partial charge on any atom is 0.510 e. The van der Waals surface area contributed by atoms with E-state index in [1.54, 1.807) is 0 Å². The fraction of sp³-hybridized carbons (Fsp3) is 0.167. The Balaban J connectivity index is 1.54. The molecule has 1 aliphatic rings. The van der Waals surface area contributed by atoms with Crippen LogP contribution < -0.4 is 4.74 Å². The lowest BCUT2D eigenvalue weighted by Crippen LogP contribution is -2.09. The number of hydrogen-bond acceptors (Lipinski definition) is 4. The number of carbonyl (C=O) groups excluding carboxylic acids is 1. The fourth-order valence-electron chi connectivity index (χ4n) is 2.68. The lowest BCUT2D eigenvalue weighted by atomic mass is 10.2. The Morgan fingerprint density at radius 2 is 2.00 bits per heavy atom. The summed E-state index contributed by atoms with van der Waals surface area (Å²) in [4.78, 5) is 11.1. The van der Waals surface area contributed by atoms with Crippen molar-refractivity contribution in [2.75, 3.05) is 6.61 Å². The first-order valence-electron chi connectivity index (χ1n) is 7.40. The van der Waals surface area contributed by atoms with Gasteiger partial charge in [0.1, 0.15) is 12.4 Å². The van der Waals surface area contributed by atoms with Gasteiger partial charge in [0.05, 0.1) is 5.52 Å². The van der Waals surface area contributed by atoms with E-state index in [0.29, 0.717) is 6.61 Å². The van der Waals surface area contributed by atoms with Crippen LogP contribution >= 0.6 is 0 Å². The van der Waals surface area contributed by atoms with Gasteiger partial charge in [-0.05, 0) is 29.8 Å². The number of carbonyl (C=O) groups is 1. The van der Waals surface area contributed by atoms with Gasteiger partial charge in [-0.15, -0.1) is 0 Å². The average molecular weight is 309 g/mol. The third-order valence-corrected chi connectivity index (χ3v) is 3.83. The van der Waals surface area contributed by atoms with Gasteiger partial charge in [0, 0.05) is 11.6 Å². The van der Waals surface area contributed by atoms with Gasteiger partial charge in [0.25, 0.3) is 0 Å². The molecule has 2 heterocycles. The van der Waals surface area contributed by atoms with Crippen LogP contribution in [0.5, 0.6) is 5.75 Å². The minimum atomic E-state index is -0.625. The molecule has 2 aromatic carbocycles. The van der Waals surface area contributed by atoms with Crippen LogP contribution in [0.25, 0.3) is 10.9 Å². The van der Waals surface area contributed by atoms with Crippen LogP contribution in [0, 0.1) is 0 Å². The average Bonchev–Trinajstić information content (AvgIpc) is 3.19. The summed E-state index contributed by atoms with van der Waals surface area (Å²) < 4.78 is 17.7. The molecule has 5 nitrogen and oxygen atoms in total. The lowest BCUT2D eigenvalue weighted by molar-refractivity contribution is 0.0979. The number of benzene rings is 2. The van der Waals surface area contributed by atoms with Crippen LogP contribution in [-0.2, 0) is 16.1 Å². The van der Waals surface area contributed by atoms with E-state index < -0.39 is 12.4 Å². The lowest BCUT2D eigenvalue weighted by Gasteiger charge is -2.11. The molecule has 1 saturated heterocycles. The van der Waals surface area contributed by atoms with E-state index in [1.807, 2.05) is 65.4 Å². The zero-order chi connectivity index (χ0) is 15.6. The molecule has 1 aliphatic heterocycles. The minimum Gasteiger partial charge on any atom is -0.489 e. The zero-order valence-corrected chi connectivity index (χ0v) is 12.3. The van der Waals surface area contributed by atoms with E-state index in [2.05, 4.69) is 0 Å². The SMILES string of the molecule is O=C1OCC(n2ccc3cc(OCc4ccccc4)ccc32)O1. The molecule has 0 spiro atoms. The van der Waals surface area contributed by atoms with E-state index in [1.165, 1.54) is 0 Å². The van der Waals surface area contributed by atoms with Crippen molar-refractivity contribution in [3.63, 3.8) is 0 Å². The molecule has 3 aromatic rings. The van der Waals surface area contributed by atoms with Crippen LogP contribution in [0.1, 0.15) is 11.8 Å². The van der Waals surface area contributed by atoms with Gasteiger partial charge >= 0.3 is 6.16 Å². The first-order chi connectivity index (χ1) is 11.3. The number of nitrogens with zero attached hydrogens (tertiary/aromatic N) is 1. The summed E-state index contributed by atoms with van der Waals surface area (Å²) in [5.74, 6) is 0.804. The molecule has 4 rings (SSSR count). The van der Waals surface area contributed by atoms with Gasteiger partial charge < -0.3 is 18.8 Å². The van der Waals surface area contributed by atoms with E-state index in [-0.39, 0.29) is 6.61 Å². The predicted octanol–water partition coefficient (Wildman–Crippen LogP) is 3.89. The molecule has 1 atom stereocenters. The molecule has 0 bridgehead atoms. The second kappa shape index (κ2) is 5.68. The molecular formula is C18H15NO4. The van der Waals surface area contributed by atoms with Gasteiger partial charge in [0.2, 0.25) is 6.23 Å². The molecule has 0 aliphatic carbocycles. The summed E-state index contributed by atoms with van der Waals surface area (Å²) in [6.45, 7) is 0.760. The maximum absolute atomic E-state index is 11.1. The van der Waals surface area contributed by atoms with E-state index in [9.17, 15) is 4.79 Å². The Kier molecular flexibility index (Phi) is 3.38. The molecule has 0 radical (unpaired) electrons. The van der Waals surface area contributed by atoms with Crippen molar-refractivity contribution >= 4 is 17.1 Å². The molecule has 1 fully saturated rings. The zero-order valence-electron chi connectivity index (χ0n) is 12.3. The van der Waals surface area contributed by atoms with Crippen molar-refractivity contribution in [1.82, 2.24) is 4.57 Å². The van der Waals surface area contributed by atoms with Crippen molar-refractivity contribution < 1.29 is 19.0 Å². The van der Waals surface area contributed by atoms with Crippen molar-refractivity contribution in [2.24, 2.45) is 0 Å². The van der Waals surface area contributed by atoms with Crippen molar-refractivity contribution in [1.29, 1.82) is 0 Å². The molecule has 5 heteroatoms. The number of rotatable bonds is 4. The highest BCUT2D eigenvalue weighted by Gasteiger charge is 2.27. The van der Waals surface area contributed by atoms with Crippen LogP contribution in [-0.4, -0.2) is 17.3 Å². The Morgan fingerprint density at radius 3 is 2.78 bits per heavy atom. The number of cyclic esters (lactones) is 2. The van der Waals surface area contributed by atoms with Gasteiger partial charge in [-0.1, -0.05) is 30.3 Å². The Hall–Kier alpha value is -2.95. The topological polar surface area (TPSA) is 49.7 Å². The standard InChI is InChI=1S/C18H15NO4/c20-18-22-12-17(23-18)19-9-8-14-10-15(6-7-16(14)19)21-11-13-4-2-1-3-5-13/h1-10,17H,11-12H2. The van der Waals surface area contributed by atoms with Crippen LogP contribution in [0.4, 0.5) is 4.79 Å². The molecule has 1 aromatic heterocycles. The number of aromatic nitrogens is 1. The third kappa shape index (κ3) is 2.73. The normalized spacial score (nSPS) is 17.0. The highest BCUT2D eigenvalue weighted by atomic mass is 16.8. The maximum atomic E-state index is 11.1. The highest BCUT2D eigenvalue weighted by molar-refractivity contribution is 5.82. The number of hydrogen-bond donors (Lipinski definition) is 0. The van der Waals surface area contributed by atoms with Crippen molar-refractivity contribution in [3.05, 3.63) is 66.4 Å². The Labute approximate surface area is 133 Å². The van der Waals surface area contributed by atoms with Crippen LogP contribution in [0.2, 0.25) is 0 Å². The number of ether oxygens (including phenoxy) is 3. The predicted molar refractivity (Wildman–Crippen MR) is 84.2 cm³/mol. The van der Waals surface area contributed by atoms with Gasteiger partial charge in [-0.2, -0.15) is 0 Å². The van der Waals surface area contributed by atoms with E-state index >= 15 is 0 Å². The van der Waals surface area contributed by atoms with Gasteiger partial charge in [-0.3, -0.25) is 0 Å². The van der Waals surface area contributed by atoms with E-state index in [0.717, 1.165) is 22.2 Å². The summed E-state index contributed by atoms with van der Waals surface area (Å²) in [5, 5.41) is 1.03. The van der Waals surface area contributed by atoms with Crippen LogP contribution in [0.15, 0.2) is 60.8 Å². The summed E-state index contributed by atoms with van der Waals surface area (Å²) in [7, 11) is 0. The quantitative estimate of drug-likeness (QED) is 0.686. The summed E-state index contributed by atoms with van der Waals surface area (Å²) in [5.41, 5.74) is 2.10. The highest BCUT2D eigenvalue weighted by Crippen LogP contribution is 2.27. The van der Waals surface area contributed by atoms with Gasteiger partial charge in [0.15, 0.2) is 6.61 Å². The first kappa shape index (κ1) is 13.7. The largest absolute Gasteiger partial charge is 0.510 e. The molecular weight excluding hydrogens is 294 g/mol. The molecule has 0 saturated carbocycles. The van der Waals surface area contributed by atoms with Crippen molar-refractivity contribution in [3.8, 4) is 5.75 Å². The molecule has 0 N–H and O–H groups in total. The molecule has 23 heavy (non-hydrogen) atoms. The monoisotopic (exact) mass is 309 g/mol. The number of fused-ring (bicyclic) bond motifs is 1. The first-order valence-corrected chi connectivity index (χ1v) is 7.40. The Bertz CT molecular complexity index is 841. The molecule has 0 amide bonds. The second-order valence-corrected chi connectivity index (χ2v) is 5.35. The van der Waals surface area contributed by atoms with E-state index in [4.69, 9.17) is 14.2 Å². The summed E-state index contributed by atoms with van der Waals surface area (Å²) in [6.07, 6.45) is 0.855. The second-order valence-electron chi connectivity index (χ2n) is 5.35. The summed E-state index contributed by atoms with van der Waals surface area (Å²) >= 11 is 0. The smallest absolute Gasteiger partial charge is 0.489 e. The third-order valence-electron chi connectivity index (χ3n) is 3.83. The van der Waals surface area contributed by atoms with Crippen LogP contribution in [0.3, 0.4) is 0 Å². The minimum absolute atomic E-state index is 0.231. The van der Waals surface area contributed by atoms with Gasteiger partial charge in [-0.25, -0.2) is 4.79 Å².